The van der Waals surface area contributed by atoms with Crippen molar-refractivity contribution in [3.8, 4) is 0 Å². The first-order valence-corrected chi connectivity index (χ1v) is 6.31. The maximum Gasteiger partial charge on any atom is 0.326 e. The van der Waals surface area contributed by atoms with Crippen LogP contribution in [0.25, 0.3) is 0 Å². The SMILES string of the molecule is CC(CNC(=O)NC(Cc1cnc[nH]1)C(=O)O)N(C)C. The highest BCUT2D eigenvalue weighted by Crippen LogP contribution is 1.99. The van der Waals surface area contributed by atoms with Crippen molar-refractivity contribution in [3.63, 3.8) is 0 Å². The first-order chi connectivity index (χ1) is 9.40. The molecule has 1 aromatic heterocycles. The number of hydrogen-bond acceptors (Lipinski definition) is 4. The summed E-state index contributed by atoms with van der Waals surface area (Å²) in [5, 5.41) is 14.2. The first-order valence-electron chi connectivity index (χ1n) is 6.31. The maximum atomic E-state index is 11.7. The summed E-state index contributed by atoms with van der Waals surface area (Å²) in [6, 6.07) is -1.33. The number of carboxylic acid groups (broad SMARTS) is 1. The van der Waals surface area contributed by atoms with E-state index in [4.69, 9.17) is 5.11 Å². The number of likely N-dealkylation sites (N-methyl/N-ethyl adjacent to an activating group) is 1. The summed E-state index contributed by atoms with van der Waals surface area (Å²) < 4.78 is 0. The molecular formula is C12H21N5O3. The molecule has 0 bridgehead atoms. The Morgan fingerprint density at radius 2 is 2.20 bits per heavy atom. The van der Waals surface area contributed by atoms with Gasteiger partial charge in [0, 0.05) is 30.9 Å². The highest BCUT2D eigenvalue weighted by molar-refractivity contribution is 5.82. The summed E-state index contributed by atoms with van der Waals surface area (Å²) in [7, 11) is 3.81. The summed E-state index contributed by atoms with van der Waals surface area (Å²) in [6.07, 6.45) is 3.16. The molecule has 2 unspecified atom stereocenters. The molecule has 0 fully saturated rings. The van der Waals surface area contributed by atoms with Crippen LogP contribution in [0.15, 0.2) is 12.5 Å². The van der Waals surface area contributed by atoms with Gasteiger partial charge in [-0.15, -0.1) is 0 Å². The topological polar surface area (TPSA) is 110 Å². The molecule has 1 rings (SSSR count). The van der Waals surface area contributed by atoms with E-state index in [0.29, 0.717) is 12.2 Å². The molecule has 0 aliphatic rings. The highest BCUT2D eigenvalue weighted by atomic mass is 16.4. The molecule has 4 N–H and O–H groups in total. The van der Waals surface area contributed by atoms with Crippen LogP contribution in [0.2, 0.25) is 0 Å². The fourth-order valence-corrected chi connectivity index (χ4v) is 1.45. The number of carbonyl (C=O) groups is 2. The average Bonchev–Trinajstić information content (AvgIpc) is 2.87. The monoisotopic (exact) mass is 283 g/mol. The summed E-state index contributed by atoms with van der Waals surface area (Å²) >= 11 is 0. The molecule has 1 heterocycles. The standard InChI is InChI=1S/C12H21N5O3/c1-8(17(2)3)5-14-12(20)16-10(11(18)19)4-9-6-13-7-15-9/h6-8,10H,4-5H2,1-3H3,(H,13,15)(H,18,19)(H2,14,16,20). The third-order valence-electron chi connectivity index (χ3n) is 3.02. The van der Waals surface area contributed by atoms with E-state index < -0.39 is 18.0 Å². The Hall–Kier alpha value is -2.09. The Bertz CT molecular complexity index is 432. The number of amides is 2. The molecule has 1 aromatic rings. The van der Waals surface area contributed by atoms with Crippen molar-refractivity contribution in [2.75, 3.05) is 20.6 Å². The molecular weight excluding hydrogens is 262 g/mol. The lowest BCUT2D eigenvalue weighted by molar-refractivity contribution is -0.139. The van der Waals surface area contributed by atoms with Gasteiger partial charge in [-0.3, -0.25) is 0 Å². The first kappa shape index (κ1) is 16.0. The van der Waals surface area contributed by atoms with Gasteiger partial charge in [0.25, 0.3) is 0 Å². The van der Waals surface area contributed by atoms with Gasteiger partial charge in [0.2, 0.25) is 0 Å². The number of H-pyrrole nitrogens is 1. The van der Waals surface area contributed by atoms with Gasteiger partial charge < -0.3 is 25.6 Å². The Kier molecular flexibility index (Phi) is 5.98. The summed E-state index contributed by atoms with van der Waals surface area (Å²) in [5.74, 6) is -1.09. The Balaban J connectivity index is 2.45. The number of hydrogen-bond donors (Lipinski definition) is 4. The predicted molar refractivity (Wildman–Crippen MR) is 73.4 cm³/mol. The van der Waals surface area contributed by atoms with Crippen molar-refractivity contribution in [2.24, 2.45) is 0 Å². The van der Waals surface area contributed by atoms with Gasteiger partial charge in [-0.25, -0.2) is 14.6 Å². The Morgan fingerprint density at radius 1 is 1.50 bits per heavy atom. The van der Waals surface area contributed by atoms with Crippen LogP contribution < -0.4 is 10.6 Å². The van der Waals surface area contributed by atoms with Crippen LogP contribution in [-0.2, 0) is 11.2 Å². The van der Waals surface area contributed by atoms with Crippen molar-refractivity contribution in [2.45, 2.75) is 25.4 Å². The fraction of sp³-hybridized carbons (Fsp3) is 0.583. The molecule has 0 saturated carbocycles. The van der Waals surface area contributed by atoms with Crippen molar-refractivity contribution in [3.05, 3.63) is 18.2 Å². The van der Waals surface area contributed by atoms with E-state index in [-0.39, 0.29) is 12.5 Å². The van der Waals surface area contributed by atoms with Gasteiger partial charge >= 0.3 is 12.0 Å². The van der Waals surface area contributed by atoms with Crippen molar-refractivity contribution >= 4 is 12.0 Å². The van der Waals surface area contributed by atoms with Gasteiger partial charge in [0.15, 0.2) is 0 Å². The molecule has 0 spiro atoms. The summed E-state index contributed by atoms with van der Waals surface area (Å²) in [6.45, 7) is 2.40. The zero-order valence-corrected chi connectivity index (χ0v) is 11.9. The van der Waals surface area contributed by atoms with Crippen LogP contribution in [0.1, 0.15) is 12.6 Å². The van der Waals surface area contributed by atoms with Crippen LogP contribution >= 0.6 is 0 Å². The summed E-state index contributed by atoms with van der Waals surface area (Å²) in [4.78, 5) is 31.4. The average molecular weight is 283 g/mol. The van der Waals surface area contributed by atoms with Crippen LogP contribution in [0, 0.1) is 0 Å². The number of nitrogens with zero attached hydrogens (tertiary/aromatic N) is 2. The smallest absolute Gasteiger partial charge is 0.326 e. The molecule has 0 saturated heterocycles. The molecule has 112 valence electrons. The molecule has 8 nitrogen and oxygen atoms in total. The van der Waals surface area contributed by atoms with Gasteiger partial charge in [0.05, 0.1) is 6.33 Å². The zero-order chi connectivity index (χ0) is 15.1. The van der Waals surface area contributed by atoms with Gasteiger partial charge in [-0.05, 0) is 21.0 Å². The Labute approximate surface area is 117 Å². The number of aliphatic carboxylic acids is 1. The number of carbonyl (C=O) groups excluding carboxylic acids is 1. The summed E-state index contributed by atoms with van der Waals surface area (Å²) in [5.41, 5.74) is 0.652. The second-order valence-electron chi connectivity index (χ2n) is 4.84. The van der Waals surface area contributed by atoms with Crippen LogP contribution in [-0.4, -0.2) is 64.7 Å². The quantitative estimate of drug-likeness (QED) is 0.547. The highest BCUT2D eigenvalue weighted by Gasteiger charge is 2.21. The van der Waals surface area contributed by atoms with Gasteiger partial charge in [-0.2, -0.15) is 0 Å². The van der Waals surface area contributed by atoms with Crippen molar-refractivity contribution < 1.29 is 14.7 Å². The minimum absolute atomic E-state index is 0.159. The number of aromatic amines is 1. The van der Waals surface area contributed by atoms with Gasteiger partial charge in [0.1, 0.15) is 6.04 Å². The number of urea groups is 1. The Morgan fingerprint density at radius 3 is 2.70 bits per heavy atom. The lowest BCUT2D eigenvalue weighted by Crippen LogP contribution is -2.49. The largest absolute Gasteiger partial charge is 0.480 e. The second kappa shape index (κ2) is 7.49. The molecule has 2 atom stereocenters. The maximum absolute atomic E-state index is 11.7. The lowest BCUT2D eigenvalue weighted by Gasteiger charge is -2.21. The minimum Gasteiger partial charge on any atom is -0.480 e. The van der Waals surface area contributed by atoms with Crippen molar-refractivity contribution in [1.29, 1.82) is 0 Å². The zero-order valence-electron chi connectivity index (χ0n) is 11.9. The lowest BCUT2D eigenvalue weighted by atomic mass is 10.2. The normalized spacial score (nSPS) is 13.8. The van der Waals surface area contributed by atoms with Crippen LogP contribution in [0.4, 0.5) is 4.79 Å². The molecule has 2 amide bonds. The number of aromatic nitrogens is 2. The van der Waals surface area contributed by atoms with E-state index in [1.165, 1.54) is 12.5 Å². The number of imidazole rings is 1. The molecule has 0 aliphatic heterocycles. The van der Waals surface area contributed by atoms with E-state index in [1.807, 2.05) is 25.9 Å². The van der Waals surface area contributed by atoms with Crippen LogP contribution in [0.3, 0.4) is 0 Å². The number of nitrogens with one attached hydrogen (secondary N) is 3. The molecule has 8 heteroatoms. The third kappa shape index (κ3) is 5.27. The van der Waals surface area contributed by atoms with E-state index in [1.54, 1.807) is 0 Å². The van der Waals surface area contributed by atoms with Gasteiger partial charge in [-0.1, -0.05) is 0 Å². The van der Waals surface area contributed by atoms with E-state index >= 15 is 0 Å². The molecule has 20 heavy (non-hydrogen) atoms. The predicted octanol–water partition coefficient (Wildman–Crippen LogP) is -0.345. The van der Waals surface area contributed by atoms with Crippen LogP contribution in [0.5, 0.6) is 0 Å². The number of carboxylic acids is 1. The fourth-order valence-electron chi connectivity index (χ4n) is 1.45. The second-order valence-corrected chi connectivity index (χ2v) is 4.84. The number of rotatable bonds is 7. The molecule has 0 aliphatic carbocycles. The van der Waals surface area contributed by atoms with E-state index in [2.05, 4.69) is 20.6 Å². The minimum atomic E-state index is -1.09. The third-order valence-corrected chi connectivity index (χ3v) is 3.02. The van der Waals surface area contributed by atoms with Crippen molar-refractivity contribution in [1.82, 2.24) is 25.5 Å². The van der Waals surface area contributed by atoms with E-state index in [9.17, 15) is 9.59 Å². The molecule has 0 radical (unpaired) electrons. The molecule has 0 aromatic carbocycles. The van der Waals surface area contributed by atoms with E-state index in [0.717, 1.165) is 0 Å².